The number of hydrogen-bond acceptors (Lipinski definition) is 5. The van der Waals surface area contributed by atoms with Crippen LogP contribution in [0.3, 0.4) is 0 Å². The Labute approximate surface area is 112 Å². The van der Waals surface area contributed by atoms with Gasteiger partial charge in [-0.25, -0.2) is 4.79 Å². The molecule has 19 heavy (non-hydrogen) atoms. The summed E-state index contributed by atoms with van der Waals surface area (Å²) in [5.41, 5.74) is -0.614. The van der Waals surface area contributed by atoms with Crippen LogP contribution in [-0.4, -0.2) is 54.7 Å². The van der Waals surface area contributed by atoms with E-state index in [0.29, 0.717) is 13.0 Å². The van der Waals surface area contributed by atoms with E-state index in [-0.39, 0.29) is 12.5 Å². The van der Waals surface area contributed by atoms with Crippen LogP contribution in [0, 0.1) is 0 Å². The van der Waals surface area contributed by atoms with Crippen LogP contribution in [0.4, 0.5) is 4.79 Å². The molecule has 0 aromatic heterocycles. The average Bonchev–Trinajstić information content (AvgIpc) is 2.59. The van der Waals surface area contributed by atoms with Crippen LogP contribution < -0.4 is 5.32 Å². The van der Waals surface area contributed by atoms with Crippen molar-refractivity contribution in [2.45, 2.75) is 38.8 Å². The third-order valence-electron chi connectivity index (χ3n) is 2.54. The van der Waals surface area contributed by atoms with Crippen LogP contribution in [-0.2, 0) is 19.1 Å². The number of hydrogen-bond donors (Lipinski definition) is 1. The minimum Gasteiger partial charge on any atom is -0.468 e. The number of rotatable bonds is 3. The van der Waals surface area contributed by atoms with Gasteiger partial charge in [-0.2, -0.15) is 0 Å². The summed E-state index contributed by atoms with van der Waals surface area (Å²) in [6, 6.07) is -0.639. The molecule has 0 aliphatic carbocycles. The van der Waals surface area contributed by atoms with Crippen LogP contribution in [0.5, 0.6) is 0 Å². The molecule has 1 N–H and O–H groups in total. The van der Waals surface area contributed by atoms with Gasteiger partial charge in [-0.15, -0.1) is 0 Å². The molecule has 0 radical (unpaired) electrons. The molecule has 1 aliphatic rings. The summed E-state index contributed by atoms with van der Waals surface area (Å²) < 4.78 is 9.57. The van der Waals surface area contributed by atoms with E-state index in [1.165, 1.54) is 12.0 Å². The molecule has 0 aromatic rings. The SMILES string of the molecule is COC(=O)CN1CCC(NC(=O)OC(C)(C)C)C1=O. The summed E-state index contributed by atoms with van der Waals surface area (Å²) in [5.74, 6) is -0.775. The maximum absolute atomic E-state index is 11.9. The molecule has 1 saturated heterocycles. The molecule has 0 aromatic carbocycles. The van der Waals surface area contributed by atoms with Crippen molar-refractivity contribution >= 4 is 18.0 Å². The molecule has 1 heterocycles. The number of methoxy groups -OCH3 is 1. The Morgan fingerprint density at radius 2 is 2.05 bits per heavy atom. The molecule has 108 valence electrons. The molecular formula is C12H20N2O5. The third-order valence-corrected chi connectivity index (χ3v) is 2.54. The predicted octanol–water partition coefficient (Wildman–Crippen LogP) is 0.285. The van der Waals surface area contributed by atoms with Crippen molar-refractivity contribution in [3.63, 3.8) is 0 Å². The summed E-state index contributed by atoms with van der Waals surface area (Å²) >= 11 is 0. The number of nitrogens with zero attached hydrogens (tertiary/aromatic N) is 1. The monoisotopic (exact) mass is 272 g/mol. The van der Waals surface area contributed by atoms with Crippen molar-refractivity contribution in [2.24, 2.45) is 0 Å². The summed E-state index contributed by atoms with van der Waals surface area (Å²) in [6.45, 7) is 5.54. The molecule has 0 bridgehead atoms. The van der Waals surface area contributed by atoms with Crippen LogP contribution in [0.15, 0.2) is 0 Å². The zero-order valence-corrected chi connectivity index (χ0v) is 11.7. The van der Waals surface area contributed by atoms with Gasteiger partial charge in [-0.1, -0.05) is 0 Å². The molecule has 1 fully saturated rings. The minimum absolute atomic E-state index is 0.0954. The smallest absolute Gasteiger partial charge is 0.408 e. The fourth-order valence-electron chi connectivity index (χ4n) is 1.70. The molecule has 1 rings (SSSR count). The van der Waals surface area contributed by atoms with E-state index >= 15 is 0 Å². The first-order valence-electron chi connectivity index (χ1n) is 6.08. The highest BCUT2D eigenvalue weighted by Crippen LogP contribution is 2.13. The number of alkyl carbamates (subject to hydrolysis) is 1. The van der Waals surface area contributed by atoms with E-state index in [0.717, 1.165) is 0 Å². The zero-order chi connectivity index (χ0) is 14.6. The molecule has 7 heteroatoms. The standard InChI is InChI=1S/C12H20N2O5/c1-12(2,3)19-11(17)13-8-5-6-14(10(8)16)7-9(15)18-4/h8H,5-7H2,1-4H3,(H,13,17). The second kappa shape index (κ2) is 5.90. The predicted molar refractivity (Wildman–Crippen MR) is 66.4 cm³/mol. The maximum atomic E-state index is 11.9. The summed E-state index contributed by atoms with van der Waals surface area (Å²) in [5, 5.41) is 2.50. The van der Waals surface area contributed by atoms with Crippen LogP contribution >= 0.6 is 0 Å². The Balaban J connectivity index is 2.47. The first-order chi connectivity index (χ1) is 8.73. The van der Waals surface area contributed by atoms with Gasteiger partial charge in [0, 0.05) is 6.54 Å². The van der Waals surface area contributed by atoms with E-state index in [2.05, 4.69) is 10.1 Å². The van der Waals surface area contributed by atoms with Gasteiger partial charge < -0.3 is 19.7 Å². The molecular weight excluding hydrogens is 252 g/mol. The first-order valence-corrected chi connectivity index (χ1v) is 6.08. The lowest BCUT2D eigenvalue weighted by Gasteiger charge is -2.21. The van der Waals surface area contributed by atoms with E-state index in [4.69, 9.17) is 4.74 Å². The topological polar surface area (TPSA) is 84.9 Å². The van der Waals surface area contributed by atoms with Crippen molar-refractivity contribution < 1.29 is 23.9 Å². The summed E-state index contributed by atoms with van der Waals surface area (Å²) in [4.78, 5) is 35.9. The van der Waals surface area contributed by atoms with Crippen molar-refractivity contribution in [2.75, 3.05) is 20.2 Å². The third kappa shape index (κ3) is 4.76. The molecule has 0 spiro atoms. The number of likely N-dealkylation sites (tertiary alicyclic amines) is 1. The number of carbonyl (C=O) groups excluding carboxylic acids is 3. The van der Waals surface area contributed by atoms with Crippen LogP contribution in [0.1, 0.15) is 27.2 Å². The van der Waals surface area contributed by atoms with E-state index in [9.17, 15) is 14.4 Å². The molecule has 2 amide bonds. The minimum atomic E-state index is -0.639. The number of esters is 1. The zero-order valence-electron chi connectivity index (χ0n) is 11.7. The molecule has 1 unspecified atom stereocenters. The average molecular weight is 272 g/mol. The van der Waals surface area contributed by atoms with Crippen molar-refractivity contribution in [1.29, 1.82) is 0 Å². The summed E-state index contributed by atoms with van der Waals surface area (Å²) in [7, 11) is 1.26. The lowest BCUT2D eigenvalue weighted by Crippen LogP contribution is -2.44. The molecule has 0 saturated carbocycles. The molecule has 1 atom stereocenters. The molecule has 1 aliphatic heterocycles. The number of amides is 2. The van der Waals surface area contributed by atoms with Crippen LogP contribution in [0.2, 0.25) is 0 Å². The molecule has 7 nitrogen and oxygen atoms in total. The number of carbonyl (C=O) groups is 3. The van der Waals surface area contributed by atoms with Crippen molar-refractivity contribution in [3.05, 3.63) is 0 Å². The second-order valence-corrected chi connectivity index (χ2v) is 5.32. The van der Waals surface area contributed by atoms with Gasteiger partial charge in [0.05, 0.1) is 7.11 Å². The van der Waals surface area contributed by atoms with Gasteiger partial charge in [0.15, 0.2) is 0 Å². The number of nitrogens with one attached hydrogen (secondary N) is 1. The highest BCUT2D eigenvalue weighted by molar-refractivity contribution is 5.90. The van der Waals surface area contributed by atoms with Gasteiger partial charge in [-0.05, 0) is 27.2 Å². The van der Waals surface area contributed by atoms with Gasteiger partial charge in [0.25, 0.3) is 0 Å². The lowest BCUT2D eigenvalue weighted by atomic mass is 10.2. The number of ether oxygens (including phenoxy) is 2. The van der Waals surface area contributed by atoms with E-state index < -0.39 is 23.7 Å². The van der Waals surface area contributed by atoms with Gasteiger partial charge in [0.1, 0.15) is 18.2 Å². The summed E-state index contributed by atoms with van der Waals surface area (Å²) in [6.07, 6.45) is -0.180. The normalized spacial score (nSPS) is 19.3. The highest BCUT2D eigenvalue weighted by atomic mass is 16.6. The largest absolute Gasteiger partial charge is 0.468 e. The van der Waals surface area contributed by atoms with Gasteiger partial charge in [-0.3, -0.25) is 9.59 Å². The quantitative estimate of drug-likeness (QED) is 0.746. The second-order valence-electron chi connectivity index (χ2n) is 5.32. The fourth-order valence-corrected chi connectivity index (χ4v) is 1.70. The van der Waals surface area contributed by atoms with Crippen molar-refractivity contribution in [3.8, 4) is 0 Å². The van der Waals surface area contributed by atoms with E-state index in [1.807, 2.05) is 0 Å². The van der Waals surface area contributed by atoms with E-state index in [1.54, 1.807) is 20.8 Å². The Morgan fingerprint density at radius 3 is 2.58 bits per heavy atom. The lowest BCUT2D eigenvalue weighted by molar-refractivity contribution is -0.145. The van der Waals surface area contributed by atoms with Crippen molar-refractivity contribution in [1.82, 2.24) is 10.2 Å². The van der Waals surface area contributed by atoms with Gasteiger partial charge >= 0.3 is 12.1 Å². The maximum Gasteiger partial charge on any atom is 0.408 e. The highest BCUT2D eigenvalue weighted by Gasteiger charge is 2.34. The Kier molecular flexibility index (Phi) is 4.74. The van der Waals surface area contributed by atoms with Gasteiger partial charge in [0.2, 0.25) is 5.91 Å². The first kappa shape index (κ1) is 15.3. The Bertz CT molecular complexity index is 375. The Hall–Kier alpha value is -1.79. The van der Waals surface area contributed by atoms with Crippen LogP contribution in [0.25, 0.3) is 0 Å². The Morgan fingerprint density at radius 1 is 1.42 bits per heavy atom. The fraction of sp³-hybridized carbons (Fsp3) is 0.750.